The predicted octanol–water partition coefficient (Wildman–Crippen LogP) is 4.44. The van der Waals surface area contributed by atoms with Crippen LogP contribution in [-0.4, -0.2) is 0 Å². The van der Waals surface area contributed by atoms with Crippen LogP contribution in [0.3, 0.4) is 0 Å². The van der Waals surface area contributed by atoms with Gasteiger partial charge in [0, 0.05) is 18.0 Å². The van der Waals surface area contributed by atoms with Gasteiger partial charge in [-0.05, 0) is 47.6 Å². The third kappa shape index (κ3) is 1.60. The maximum atomic E-state index is 3.83. The van der Waals surface area contributed by atoms with E-state index in [0.29, 0.717) is 5.92 Å². The molecule has 2 heteroatoms. The molecule has 0 spiro atoms. The number of halogens is 1. The summed E-state index contributed by atoms with van der Waals surface area (Å²) in [6.07, 6.45) is 17.1. The zero-order valence-corrected chi connectivity index (χ0v) is 13.5. The molecule has 2 atom stereocenters. The molecule has 0 saturated heterocycles. The van der Waals surface area contributed by atoms with E-state index in [4.69, 9.17) is 0 Å². The van der Waals surface area contributed by atoms with E-state index in [1.807, 2.05) is 0 Å². The highest BCUT2D eigenvalue weighted by Crippen LogP contribution is 2.50. The molecular formula is C20H20ClN. The summed E-state index contributed by atoms with van der Waals surface area (Å²) >= 11 is 0. The van der Waals surface area contributed by atoms with Crippen LogP contribution in [0, 0.1) is 5.92 Å². The molecular weight excluding hydrogens is 290 g/mol. The van der Waals surface area contributed by atoms with Crippen LogP contribution in [0.2, 0.25) is 0 Å². The van der Waals surface area contributed by atoms with E-state index in [1.165, 1.54) is 35.2 Å². The van der Waals surface area contributed by atoms with Crippen molar-refractivity contribution in [3.05, 3.63) is 76.0 Å². The van der Waals surface area contributed by atoms with Crippen molar-refractivity contribution in [2.75, 3.05) is 0 Å². The van der Waals surface area contributed by atoms with Gasteiger partial charge in [-0.25, -0.2) is 0 Å². The van der Waals surface area contributed by atoms with Crippen LogP contribution in [0.5, 0.6) is 0 Å². The van der Waals surface area contributed by atoms with E-state index >= 15 is 0 Å². The zero-order chi connectivity index (χ0) is 14.0. The van der Waals surface area contributed by atoms with Gasteiger partial charge in [-0.15, -0.1) is 12.4 Å². The summed E-state index contributed by atoms with van der Waals surface area (Å²) in [7, 11) is 0. The van der Waals surface area contributed by atoms with E-state index in [1.54, 1.807) is 11.1 Å². The molecule has 1 aromatic rings. The molecule has 2 aliphatic heterocycles. The molecule has 5 rings (SSSR count). The minimum atomic E-state index is 0. The average molecular weight is 310 g/mol. The van der Waals surface area contributed by atoms with Gasteiger partial charge in [0.2, 0.25) is 0 Å². The van der Waals surface area contributed by atoms with Crippen molar-refractivity contribution in [1.82, 2.24) is 5.32 Å². The summed E-state index contributed by atoms with van der Waals surface area (Å²) in [6, 6.07) is 4.69. The molecule has 1 nitrogen and oxygen atoms in total. The molecule has 2 heterocycles. The largest absolute Gasteiger partial charge is 0.378 e. The standard InChI is InChI=1S/C20H19N.ClH/c1-20-17-9-5-4-8-15(17)19(21-20)12-16-14-7-3-2-6-13(14)10-11-18(16)20;/h2,4-6,8-11,17,21H,3,7,12H2,1H3;1H. The highest BCUT2D eigenvalue weighted by atomic mass is 35.5. The molecule has 0 fully saturated rings. The van der Waals surface area contributed by atoms with E-state index in [2.05, 4.69) is 60.8 Å². The van der Waals surface area contributed by atoms with Gasteiger partial charge < -0.3 is 5.32 Å². The zero-order valence-electron chi connectivity index (χ0n) is 12.7. The summed E-state index contributed by atoms with van der Waals surface area (Å²) in [4.78, 5) is 0. The van der Waals surface area contributed by atoms with Gasteiger partial charge in [0.15, 0.2) is 0 Å². The summed E-state index contributed by atoms with van der Waals surface area (Å²) in [5.41, 5.74) is 9.11. The molecule has 2 unspecified atom stereocenters. The second-order valence-electron chi connectivity index (χ2n) is 6.76. The van der Waals surface area contributed by atoms with E-state index in [9.17, 15) is 0 Å². The quantitative estimate of drug-likeness (QED) is 0.747. The number of nitrogens with one attached hydrogen (secondary N) is 1. The van der Waals surface area contributed by atoms with Crippen LogP contribution in [0.4, 0.5) is 0 Å². The summed E-state index contributed by atoms with van der Waals surface area (Å²) < 4.78 is 0. The number of hydrogen-bond donors (Lipinski definition) is 1. The molecule has 2 aliphatic carbocycles. The Balaban J connectivity index is 0.00000125. The highest BCUT2D eigenvalue weighted by Gasteiger charge is 2.47. The molecule has 4 aliphatic rings. The fourth-order valence-electron chi connectivity index (χ4n) is 4.64. The van der Waals surface area contributed by atoms with Crippen LogP contribution in [0.15, 0.2) is 53.8 Å². The molecule has 0 amide bonds. The van der Waals surface area contributed by atoms with Crippen molar-refractivity contribution >= 4 is 18.5 Å². The van der Waals surface area contributed by atoms with Gasteiger partial charge in [-0.3, -0.25) is 0 Å². The Labute approximate surface area is 137 Å². The lowest BCUT2D eigenvalue weighted by Gasteiger charge is -2.39. The first-order valence-electron chi connectivity index (χ1n) is 7.95. The van der Waals surface area contributed by atoms with Gasteiger partial charge >= 0.3 is 0 Å². The number of rotatable bonds is 0. The Kier molecular flexibility index (Phi) is 2.93. The van der Waals surface area contributed by atoms with Crippen LogP contribution in [0.25, 0.3) is 6.08 Å². The van der Waals surface area contributed by atoms with E-state index < -0.39 is 0 Å². The van der Waals surface area contributed by atoms with Crippen LogP contribution in [0.1, 0.15) is 35.6 Å². The second kappa shape index (κ2) is 4.63. The molecule has 0 saturated carbocycles. The maximum Gasteiger partial charge on any atom is 0.0700 e. The first kappa shape index (κ1) is 13.9. The van der Waals surface area contributed by atoms with Gasteiger partial charge in [0.1, 0.15) is 0 Å². The lowest BCUT2D eigenvalue weighted by molar-refractivity contribution is 0.357. The SMILES string of the molecule is CC12NC(=C3C=CC=CC31)Cc1c2ccc2c1CCC=C2.Cl. The summed E-state index contributed by atoms with van der Waals surface area (Å²) in [5.74, 6) is 0.482. The Morgan fingerprint density at radius 3 is 2.95 bits per heavy atom. The fraction of sp³-hybridized carbons (Fsp3) is 0.300. The number of fused-ring (bicyclic) bond motifs is 8. The minimum absolute atomic E-state index is 0. The average Bonchev–Trinajstić information content (AvgIpc) is 2.77. The van der Waals surface area contributed by atoms with Crippen molar-refractivity contribution in [2.45, 2.75) is 31.7 Å². The minimum Gasteiger partial charge on any atom is -0.378 e. The highest BCUT2D eigenvalue weighted by molar-refractivity contribution is 5.85. The van der Waals surface area contributed by atoms with Crippen molar-refractivity contribution in [1.29, 1.82) is 0 Å². The molecule has 1 N–H and O–H groups in total. The Morgan fingerprint density at radius 2 is 2.05 bits per heavy atom. The number of benzene rings is 1. The molecule has 112 valence electrons. The monoisotopic (exact) mass is 309 g/mol. The Morgan fingerprint density at radius 1 is 1.14 bits per heavy atom. The fourth-order valence-corrected chi connectivity index (χ4v) is 4.64. The molecule has 1 aromatic carbocycles. The van der Waals surface area contributed by atoms with Gasteiger partial charge in [-0.1, -0.05) is 48.6 Å². The summed E-state index contributed by atoms with van der Waals surface area (Å²) in [5, 5.41) is 3.83. The molecule has 2 bridgehead atoms. The van der Waals surface area contributed by atoms with Gasteiger partial charge in [0.05, 0.1) is 5.54 Å². The first-order valence-corrected chi connectivity index (χ1v) is 7.95. The molecule has 22 heavy (non-hydrogen) atoms. The van der Waals surface area contributed by atoms with Crippen LogP contribution >= 0.6 is 12.4 Å². The number of allylic oxidation sites excluding steroid dienone is 5. The third-order valence-electron chi connectivity index (χ3n) is 5.65. The van der Waals surface area contributed by atoms with Gasteiger partial charge in [-0.2, -0.15) is 0 Å². The Bertz CT molecular complexity index is 781. The van der Waals surface area contributed by atoms with Crippen molar-refractivity contribution < 1.29 is 0 Å². The van der Waals surface area contributed by atoms with E-state index in [0.717, 1.165) is 6.42 Å². The van der Waals surface area contributed by atoms with Crippen LogP contribution < -0.4 is 5.32 Å². The first-order chi connectivity index (χ1) is 10.3. The van der Waals surface area contributed by atoms with Crippen molar-refractivity contribution in [2.24, 2.45) is 5.92 Å². The van der Waals surface area contributed by atoms with Crippen molar-refractivity contribution in [3.63, 3.8) is 0 Å². The van der Waals surface area contributed by atoms with Crippen LogP contribution in [-0.2, 0) is 18.4 Å². The lowest BCUT2D eigenvalue weighted by atomic mass is 9.73. The Hall–Kier alpha value is -1.73. The molecule has 0 aromatic heterocycles. The lowest BCUT2D eigenvalue weighted by Crippen LogP contribution is -2.43. The number of hydrogen-bond acceptors (Lipinski definition) is 1. The van der Waals surface area contributed by atoms with E-state index in [-0.39, 0.29) is 17.9 Å². The third-order valence-corrected chi connectivity index (χ3v) is 5.65. The molecule has 0 radical (unpaired) electrons. The van der Waals surface area contributed by atoms with Gasteiger partial charge in [0.25, 0.3) is 0 Å². The normalized spacial score (nSPS) is 29.4. The summed E-state index contributed by atoms with van der Waals surface area (Å²) in [6.45, 7) is 2.37. The maximum absolute atomic E-state index is 3.83. The predicted molar refractivity (Wildman–Crippen MR) is 94.0 cm³/mol. The second-order valence-corrected chi connectivity index (χ2v) is 6.76. The topological polar surface area (TPSA) is 12.0 Å². The smallest absolute Gasteiger partial charge is 0.0700 e. The van der Waals surface area contributed by atoms with Crippen molar-refractivity contribution in [3.8, 4) is 0 Å².